The molecule has 4 rings (SSSR count). The average molecular weight is 625 g/mol. The Bertz CT molecular complexity index is 1370. The molecular weight excluding hydrogens is 572 g/mol. The number of hydrogen-bond donors (Lipinski definition) is 3. The lowest BCUT2D eigenvalue weighted by molar-refractivity contribution is -0.340. The summed E-state index contributed by atoms with van der Waals surface area (Å²) in [5, 5.41) is 5.58. The summed E-state index contributed by atoms with van der Waals surface area (Å²) in [7, 11) is 0. The number of nitrogens with zero attached hydrogens (tertiary/aromatic N) is 1. The zero-order chi connectivity index (χ0) is 33.2. The first-order chi connectivity index (χ1) is 21.2. The molecule has 0 saturated heterocycles. The summed E-state index contributed by atoms with van der Waals surface area (Å²) in [6, 6.07) is 0. The Morgan fingerprint density at radius 1 is 0.844 bits per heavy atom. The number of carbonyl (C=O) groups is 3. The third-order valence-electron chi connectivity index (χ3n) is 9.69. The molecule has 0 aromatic carbocycles. The maximum atomic E-state index is 13.6. The van der Waals surface area contributed by atoms with E-state index in [0.29, 0.717) is 57.6 Å². The molecule has 3 aliphatic rings. The minimum atomic E-state index is -0.469. The molecule has 0 spiro atoms. The number of amidine groups is 1. The standard InChI is InChI=1S/C35H52N4O6/c1-17-11-19(3)31(20(4)12-17)44-35(42)30-24(8)29(39-34(30)37-26(10)41)15-28-23(7)27(33(38-28)36-25(9)40)16-43-45-32-21(5)13-18(2)14-22(32)6/h15,17-22,31-32,39H,11-14,16H2,1-10H3,(H,37,41)(H,36,38,40)/b28-15-. The first kappa shape index (κ1) is 34.6. The van der Waals surface area contributed by atoms with Crippen LogP contribution in [0.1, 0.15) is 110 Å². The van der Waals surface area contributed by atoms with Crippen LogP contribution in [0.25, 0.3) is 6.08 Å². The summed E-state index contributed by atoms with van der Waals surface area (Å²) in [4.78, 5) is 57.4. The number of anilines is 1. The van der Waals surface area contributed by atoms with Crippen molar-refractivity contribution in [3.8, 4) is 0 Å². The highest BCUT2D eigenvalue weighted by Crippen LogP contribution is 2.38. The maximum absolute atomic E-state index is 13.6. The molecule has 248 valence electrons. The summed E-state index contributed by atoms with van der Waals surface area (Å²) < 4.78 is 6.11. The number of esters is 1. The van der Waals surface area contributed by atoms with E-state index in [0.717, 1.165) is 31.3 Å². The van der Waals surface area contributed by atoms with Crippen molar-refractivity contribution in [2.24, 2.45) is 40.5 Å². The zero-order valence-electron chi connectivity index (χ0n) is 28.6. The number of H-pyrrole nitrogens is 1. The van der Waals surface area contributed by atoms with E-state index >= 15 is 0 Å². The summed E-state index contributed by atoms with van der Waals surface area (Å²) >= 11 is 0. The lowest BCUT2D eigenvalue weighted by Crippen LogP contribution is -2.37. The van der Waals surface area contributed by atoms with E-state index in [4.69, 9.17) is 19.5 Å². The minimum absolute atomic E-state index is 0.00500. The number of hydrogen-bond acceptors (Lipinski definition) is 7. The molecule has 0 radical (unpaired) electrons. The Kier molecular flexibility index (Phi) is 11.1. The molecule has 4 unspecified atom stereocenters. The van der Waals surface area contributed by atoms with Gasteiger partial charge in [0, 0.05) is 25.1 Å². The Labute approximate surface area is 267 Å². The van der Waals surface area contributed by atoms with Gasteiger partial charge in [0.25, 0.3) is 0 Å². The van der Waals surface area contributed by atoms with Gasteiger partial charge in [0.05, 0.1) is 11.8 Å². The molecule has 2 amide bonds. The molecule has 0 bridgehead atoms. The number of ether oxygens (including phenoxy) is 1. The van der Waals surface area contributed by atoms with Crippen LogP contribution < -0.4 is 10.6 Å². The van der Waals surface area contributed by atoms with Crippen LogP contribution in [-0.2, 0) is 24.1 Å². The number of aromatic nitrogens is 1. The molecule has 1 aromatic heterocycles. The second-order valence-corrected chi connectivity index (χ2v) is 14.1. The summed E-state index contributed by atoms with van der Waals surface area (Å²) in [5.74, 6) is 2.14. The normalized spacial score (nSPS) is 31.2. The predicted molar refractivity (Wildman–Crippen MR) is 175 cm³/mol. The maximum Gasteiger partial charge on any atom is 0.342 e. The van der Waals surface area contributed by atoms with Crippen LogP contribution >= 0.6 is 0 Å². The van der Waals surface area contributed by atoms with Gasteiger partial charge in [-0.25, -0.2) is 19.6 Å². The smallest absolute Gasteiger partial charge is 0.342 e. The molecule has 3 N–H and O–H groups in total. The van der Waals surface area contributed by atoms with Crippen molar-refractivity contribution in [2.45, 2.75) is 107 Å². The summed E-state index contributed by atoms with van der Waals surface area (Å²) in [6.45, 7) is 19.8. The van der Waals surface area contributed by atoms with E-state index in [1.54, 1.807) is 0 Å². The monoisotopic (exact) mass is 624 g/mol. The largest absolute Gasteiger partial charge is 0.458 e. The van der Waals surface area contributed by atoms with Crippen LogP contribution in [0.15, 0.2) is 21.8 Å². The van der Waals surface area contributed by atoms with Gasteiger partial charge in [-0.05, 0) is 92.3 Å². The van der Waals surface area contributed by atoms with Crippen molar-refractivity contribution in [1.29, 1.82) is 0 Å². The minimum Gasteiger partial charge on any atom is -0.458 e. The van der Waals surface area contributed by atoms with Crippen LogP contribution in [0.5, 0.6) is 0 Å². The Hall–Kier alpha value is -3.24. The number of rotatable bonds is 8. The van der Waals surface area contributed by atoms with Gasteiger partial charge in [0.1, 0.15) is 29.9 Å². The molecule has 10 nitrogen and oxygen atoms in total. The zero-order valence-corrected chi connectivity index (χ0v) is 28.6. The first-order valence-corrected chi connectivity index (χ1v) is 16.4. The molecule has 2 fully saturated rings. The van der Waals surface area contributed by atoms with Gasteiger partial charge < -0.3 is 20.4 Å². The topological polar surface area (TPSA) is 131 Å². The molecule has 2 heterocycles. The third kappa shape index (κ3) is 8.14. The van der Waals surface area contributed by atoms with Gasteiger partial charge in [0.15, 0.2) is 0 Å². The number of aromatic amines is 1. The fourth-order valence-corrected chi connectivity index (χ4v) is 7.78. The van der Waals surface area contributed by atoms with Gasteiger partial charge in [-0.1, -0.05) is 41.5 Å². The fraction of sp³-hybridized carbons (Fsp3) is 0.657. The van der Waals surface area contributed by atoms with Gasteiger partial charge >= 0.3 is 5.97 Å². The van der Waals surface area contributed by atoms with Gasteiger partial charge in [-0.2, -0.15) is 0 Å². The predicted octanol–water partition coefficient (Wildman–Crippen LogP) is 6.73. The second-order valence-electron chi connectivity index (χ2n) is 14.1. The molecule has 2 aliphatic carbocycles. The lowest BCUT2D eigenvalue weighted by atomic mass is 9.75. The van der Waals surface area contributed by atoms with E-state index in [2.05, 4.69) is 57.2 Å². The summed E-state index contributed by atoms with van der Waals surface area (Å²) in [6.07, 6.45) is 5.79. The van der Waals surface area contributed by atoms with Crippen molar-refractivity contribution >= 4 is 35.5 Å². The number of allylic oxidation sites excluding steroid dienone is 1. The molecule has 1 aromatic rings. The van der Waals surface area contributed by atoms with Crippen LogP contribution in [0, 0.1) is 42.4 Å². The highest BCUT2D eigenvalue weighted by atomic mass is 17.2. The number of nitrogens with one attached hydrogen (secondary N) is 3. The third-order valence-corrected chi connectivity index (χ3v) is 9.69. The van der Waals surface area contributed by atoms with Crippen molar-refractivity contribution in [1.82, 2.24) is 10.3 Å². The van der Waals surface area contributed by atoms with Crippen LogP contribution in [0.2, 0.25) is 0 Å². The first-order valence-electron chi connectivity index (χ1n) is 16.4. The van der Waals surface area contributed by atoms with Crippen LogP contribution in [0.4, 0.5) is 5.82 Å². The molecule has 2 saturated carbocycles. The van der Waals surface area contributed by atoms with E-state index in [1.807, 2.05) is 19.9 Å². The van der Waals surface area contributed by atoms with E-state index in [1.165, 1.54) is 13.8 Å². The highest BCUT2D eigenvalue weighted by molar-refractivity contribution is 6.11. The molecular formula is C35H52N4O6. The van der Waals surface area contributed by atoms with Crippen molar-refractivity contribution in [2.75, 3.05) is 11.9 Å². The molecule has 45 heavy (non-hydrogen) atoms. The Morgan fingerprint density at radius 3 is 1.91 bits per heavy atom. The highest BCUT2D eigenvalue weighted by Gasteiger charge is 2.36. The Morgan fingerprint density at radius 2 is 1.38 bits per heavy atom. The number of aliphatic imine (C=N–C) groups is 1. The lowest BCUT2D eigenvalue weighted by Gasteiger charge is -2.37. The SMILES string of the molecule is CC(=O)NC1=N/C(=C\c2[nH]c(NC(C)=O)c(C(=O)OC3C(C)CC(C)CC3C)c2C)C(C)=C1COOC1C(C)CC(C)CC1C. The average Bonchev–Trinajstić information content (AvgIpc) is 3.36. The quantitative estimate of drug-likeness (QED) is 0.167. The second kappa shape index (κ2) is 14.5. The number of amides is 2. The summed E-state index contributed by atoms with van der Waals surface area (Å²) in [5.41, 5.74) is 3.63. The van der Waals surface area contributed by atoms with E-state index in [-0.39, 0.29) is 48.3 Å². The van der Waals surface area contributed by atoms with Gasteiger partial charge in [-0.3, -0.25) is 9.59 Å². The van der Waals surface area contributed by atoms with E-state index in [9.17, 15) is 14.4 Å². The number of carbonyl (C=O) groups excluding carboxylic acids is 3. The van der Waals surface area contributed by atoms with Gasteiger partial charge in [-0.15, -0.1) is 0 Å². The molecule has 1 aliphatic heterocycles. The molecule has 4 atom stereocenters. The van der Waals surface area contributed by atoms with Crippen molar-refractivity contribution in [3.05, 3.63) is 33.7 Å². The van der Waals surface area contributed by atoms with Gasteiger partial charge in [0.2, 0.25) is 11.8 Å². The molecule has 10 heteroatoms. The van der Waals surface area contributed by atoms with Crippen molar-refractivity contribution < 1.29 is 28.9 Å². The van der Waals surface area contributed by atoms with E-state index < -0.39 is 5.97 Å². The van der Waals surface area contributed by atoms with Crippen molar-refractivity contribution in [3.63, 3.8) is 0 Å². The fourth-order valence-electron chi connectivity index (χ4n) is 7.78. The van der Waals surface area contributed by atoms with Crippen LogP contribution in [-0.4, -0.2) is 47.4 Å². The Balaban J connectivity index is 1.60. The van der Waals surface area contributed by atoms with Crippen LogP contribution in [0.3, 0.4) is 0 Å².